The number of aliphatic hydroxyl groups excluding tert-OH is 1. The molecule has 1 unspecified atom stereocenters. The fourth-order valence-corrected chi connectivity index (χ4v) is 3.91. The third-order valence-corrected chi connectivity index (χ3v) is 5.20. The highest BCUT2D eigenvalue weighted by molar-refractivity contribution is 7.92. The van der Waals surface area contributed by atoms with Crippen molar-refractivity contribution in [1.29, 1.82) is 0 Å². The van der Waals surface area contributed by atoms with E-state index in [0.29, 0.717) is 12.2 Å². The Morgan fingerprint density at radius 1 is 1.00 bits per heavy atom. The highest BCUT2D eigenvalue weighted by Crippen LogP contribution is 2.23. The lowest BCUT2D eigenvalue weighted by Crippen LogP contribution is -3.07. The van der Waals surface area contributed by atoms with Gasteiger partial charge in [0, 0.05) is 0 Å². The largest absolute Gasteiger partial charge is 0.385 e. The summed E-state index contributed by atoms with van der Waals surface area (Å²) in [5.41, 5.74) is 0.546. The zero-order valence-corrected chi connectivity index (χ0v) is 14.2. The second kappa shape index (κ2) is 7.59. The molecule has 0 heterocycles. The zero-order chi connectivity index (χ0) is 16.9. The standard InChI is InChI=1S/C17H22N2O3S/c1-18(2)13-16(20)14-19(15-9-5-3-6-10-15)23(21,22)17-11-7-4-8-12-17/h3-12,16,20H,13-14H2,1-2H3/p+1. The van der Waals surface area contributed by atoms with Crippen LogP contribution in [0.5, 0.6) is 0 Å². The molecule has 6 heteroatoms. The molecule has 0 aliphatic rings. The average Bonchev–Trinajstić information content (AvgIpc) is 2.53. The first-order valence-electron chi connectivity index (χ1n) is 7.51. The van der Waals surface area contributed by atoms with Crippen molar-refractivity contribution in [2.24, 2.45) is 0 Å². The van der Waals surface area contributed by atoms with Gasteiger partial charge in [0.15, 0.2) is 0 Å². The Hall–Kier alpha value is -1.89. The Morgan fingerprint density at radius 3 is 2.04 bits per heavy atom. The van der Waals surface area contributed by atoms with Gasteiger partial charge < -0.3 is 10.0 Å². The van der Waals surface area contributed by atoms with Gasteiger partial charge in [-0.15, -0.1) is 0 Å². The second-order valence-corrected chi connectivity index (χ2v) is 7.61. The monoisotopic (exact) mass is 335 g/mol. The van der Waals surface area contributed by atoms with Gasteiger partial charge in [-0.2, -0.15) is 0 Å². The summed E-state index contributed by atoms with van der Waals surface area (Å²) in [6.45, 7) is 0.486. The van der Waals surface area contributed by atoms with Crippen LogP contribution >= 0.6 is 0 Å². The Morgan fingerprint density at radius 2 is 1.52 bits per heavy atom. The summed E-state index contributed by atoms with van der Waals surface area (Å²) in [6, 6.07) is 17.1. The van der Waals surface area contributed by atoms with Crippen LogP contribution in [0.3, 0.4) is 0 Å². The lowest BCUT2D eigenvalue weighted by atomic mass is 10.3. The van der Waals surface area contributed by atoms with Crippen LogP contribution in [-0.4, -0.2) is 46.8 Å². The van der Waals surface area contributed by atoms with E-state index in [9.17, 15) is 13.5 Å². The lowest BCUT2D eigenvalue weighted by Gasteiger charge is -2.27. The van der Waals surface area contributed by atoms with E-state index in [0.717, 1.165) is 4.90 Å². The van der Waals surface area contributed by atoms with Gasteiger partial charge in [0.05, 0.1) is 31.2 Å². The minimum Gasteiger partial charge on any atom is -0.385 e. The van der Waals surface area contributed by atoms with Crippen molar-refractivity contribution in [1.82, 2.24) is 0 Å². The summed E-state index contributed by atoms with van der Waals surface area (Å²) in [6.07, 6.45) is -0.751. The minimum atomic E-state index is -3.72. The van der Waals surface area contributed by atoms with Gasteiger partial charge in [-0.25, -0.2) is 8.42 Å². The highest BCUT2D eigenvalue weighted by Gasteiger charge is 2.27. The number of benzene rings is 2. The van der Waals surface area contributed by atoms with Gasteiger partial charge in [-0.3, -0.25) is 4.31 Å². The van der Waals surface area contributed by atoms with E-state index < -0.39 is 16.1 Å². The Balaban J connectivity index is 2.38. The van der Waals surface area contributed by atoms with Crippen LogP contribution in [-0.2, 0) is 10.0 Å². The first-order valence-corrected chi connectivity index (χ1v) is 8.95. The zero-order valence-electron chi connectivity index (χ0n) is 13.4. The molecular formula is C17H23N2O3S+. The molecule has 0 fully saturated rings. The summed E-state index contributed by atoms with van der Waals surface area (Å²) in [7, 11) is 0.116. The SMILES string of the molecule is C[NH+](C)CC(O)CN(c1ccccc1)S(=O)(=O)c1ccccc1. The third-order valence-electron chi connectivity index (χ3n) is 3.40. The Kier molecular flexibility index (Phi) is 5.76. The molecule has 1 atom stereocenters. The third kappa shape index (κ3) is 4.54. The predicted molar refractivity (Wildman–Crippen MR) is 91.1 cm³/mol. The van der Waals surface area contributed by atoms with Crippen LogP contribution in [0.2, 0.25) is 0 Å². The number of hydrogen-bond donors (Lipinski definition) is 2. The molecule has 2 aromatic carbocycles. The number of nitrogens with one attached hydrogen (secondary N) is 1. The summed E-state index contributed by atoms with van der Waals surface area (Å²) >= 11 is 0. The van der Waals surface area contributed by atoms with Crippen LogP contribution in [0.1, 0.15) is 0 Å². The number of sulfonamides is 1. The number of aliphatic hydroxyl groups is 1. The number of nitrogens with zero attached hydrogens (tertiary/aromatic N) is 1. The Labute approximate surface area is 137 Å². The number of hydrogen-bond acceptors (Lipinski definition) is 3. The minimum absolute atomic E-state index is 0.0203. The van der Waals surface area contributed by atoms with Gasteiger partial charge in [-0.05, 0) is 24.3 Å². The summed E-state index contributed by atoms with van der Waals surface area (Å²) in [5, 5.41) is 10.2. The highest BCUT2D eigenvalue weighted by atomic mass is 32.2. The van der Waals surface area contributed by atoms with Gasteiger partial charge in [0.25, 0.3) is 10.0 Å². The first-order chi connectivity index (χ1) is 10.9. The molecule has 0 radical (unpaired) electrons. The molecule has 23 heavy (non-hydrogen) atoms. The number of quaternary nitrogens is 1. The van der Waals surface area contributed by atoms with Crippen LogP contribution in [0, 0.1) is 0 Å². The molecule has 0 bridgehead atoms. The molecule has 124 valence electrons. The molecule has 2 N–H and O–H groups in total. The molecule has 5 nitrogen and oxygen atoms in total. The fraction of sp³-hybridized carbons (Fsp3) is 0.294. The number of para-hydroxylation sites is 1. The van der Waals surface area contributed by atoms with Crippen molar-refractivity contribution >= 4 is 15.7 Å². The van der Waals surface area contributed by atoms with Crippen LogP contribution in [0.15, 0.2) is 65.6 Å². The maximum absolute atomic E-state index is 13.0. The molecule has 0 saturated carbocycles. The molecule has 0 spiro atoms. The lowest BCUT2D eigenvalue weighted by molar-refractivity contribution is -0.861. The van der Waals surface area contributed by atoms with E-state index in [2.05, 4.69) is 0 Å². The van der Waals surface area contributed by atoms with Crippen molar-refractivity contribution in [2.75, 3.05) is 31.5 Å². The van der Waals surface area contributed by atoms with E-state index in [1.54, 1.807) is 54.6 Å². The molecular weight excluding hydrogens is 312 g/mol. The van der Waals surface area contributed by atoms with Gasteiger partial charge >= 0.3 is 0 Å². The van der Waals surface area contributed by atoms with Crippen molar-refractivity contribution in [2.45, 2.75) is 11.0 Å². The second-order valence-electron chi connectivity index (χ2n) is 5.75. The van der Waals surface area contributed by atoms with Gasteiger partial charge in [0.1, 0.15) is 12.6 Å². The first kappa shape index (κ1) is 17.5. The van der Waals surface area contributed by atoms with E-state index >= 15 is 0 Å². The topological polar surface area (TPSA) is 62.1 Å². The van der Waals surface area contributed by atoms with Gasteiger partial charge in [0.2, 0.25) is 0 Å². The summed E-state index contributed by atoms with van der Waals surface area (Å²) < 4.78 is 27.2. The molecule has 0 saturated heterocycles. The smallest absolute Gasteiger partial charge is 0.264 e. The van der Waals surface area contributed by atoms with Crippen LogP contribution in [0.4, 0.5) is 5.69 Å². The van der Waals surface area contributed by atoms with Crippen molar-refractivity contribution in [3.8, 4) is 0 Å². The number of anilines is 1. The van der Waals surface area contributed by atoms with E-state index in [-0.39, 0.29) is 11.4 Å². The maximum atomic E-state index is 13.0. The molecule has 2 rings (SSSR count). The quantitative estimate of drug-likeness (QED) is 0.769. The van der Waals surface area contributed by atoms with Crippen LogP contribution < -0.4 is 9.21 Å². The number of rotatable bonds is 7. The molecule has 0 aliphatic heterocycles. The van der Waals surface area contributed by atoms with Crippen LogP contribution in [0.25, 0.3) is 0 Å². The molecule has 0 aromatic heterocycles. The van der Waals surface area contributed by atoms with Crippen molar-refractivity contribution in [3.63, 3.8) is 0 Å². The number of likely N-dealkylation sites (N-methyl/N-ethyl adjacent to an activating group) is 1. The normalized spacial score (nSPS) is 13.0. The van der Waals surface area contributed by atoms with E-state index in [4.69, 9.17) is 0 Å². The fourth-order valence-electron chi connectivity index (χ4n) is 2.38. The maximum Gasteiger partial charge on any atom is 0.264 e. The molecule has 0 amide bonds. The molecule has 0 aliphatic carbocycles. The van der Waals surface area contributed by atoms with Crippen molar-refractivity contribution < 1.29 is 18.4 Å². The van der Waals surface area contributed by atoms with E-state index in [1.807, 2.05) is 20.2 Å². The summed E-state index contributed by atoms with van der Waals surface area (Å²) in [4.78, 5) is 1.27. The van der Waals surface area contributed by atoms with Gasteiger partial charge in [-0.1, -0.05) is 36.4 Å². The van der Waals surface area contributed by atoms with Crippen molar-refractivity contribution in [3.05, 3.63) is 60.7 Å². The van der Waals surface area contributed by atoms with E-state index in [1.165, 1.54) is 4.31 Å². The molecule has 2 aromatic rings. The Bertz CT molecular complexity index is 703. The summed E-state index contributed by atoms with van der Waals surface area (Å²) in [5.74, 6) is 0. The predicted octanol–water partition coefficient (Wildman–Crippen LogP) is 0.387. The average molecular weight is 335 g/mol.